The minimum absolute atomic E-state index is 0.180. The second kappa shape index (κ2) is 6.03. The van der Waals surface area contributed by atoms with Crippen molar-refractivity contribution < 1.29 is 9.13 Å². The summed E-state index contributed by atoms with van der Waals surface area (Å²) in [5.74, 6) is 0.135. The minimum Gasteiger partial charge on any atom is -0.483 e. The van der Waals surface area contributed by atoms with Crippen LogP contribution in [-0.4, -0.2) is 6.04 Å². The molecular formula is C14H15BrFNOS. The molecule has 5 heteroatoms. The van der Waals surface area contributed by atoms with Gasteiger partial charge in [-0.1, -0.05) is 15.9 Å². The molecule has 1 aromatic heterocycles. The Morgan fingerprint density at radius 3 is 2.58 bits per heavy atom. The first-order valence-electron chi connectivity index (χ1n) is 5.90. The third-order valence-corrected chi connectivity index (χ3v) is 4.14. The maximum atomic E-state index is 13.3. The minimum atomic E-state index is -0.338. The van der Waals surface area contributed by atoms with Gasteiger partial charge in [0.15, 0.2) is 0 Å². The van der Waals surface area contributed by atoms with Crippen LogP contribution in [0, 0.1) is 12.7 Å². The van der Waals surface area contributed by atoms with Crippen LogP contribution < -0.4 is 10.5 Å². The fourth-order valence-corrected chi connectivity index (χ4v) is 3.24. The fraction of sp³-hybridized carbons (Fsp3) is 0.286. The molecule has 1 heterocycles. The predicted octanol–water partition coefficient (Wildman–Crippen LogP) is 4.43. The average molecular weight is 344 g/mol. The van der Waals surface area contributed by atoms with Gasteiger partial charge >= 0.3 is 0 Å². The lowest BCUT2D eigenvalue weighted by Crippen LogP contribution is -2.28. The number of rotatable bonds is 4. The average Bonchev–Trinajstić information content (AvgIpc) is 2.70. The summed E-state index contributed by atoms with van der Waals surface area (Å²) in [6, 6.07) is 8.34. The Morgan fingerprint density at radius 1 is 1.32 bits per heavy atom. The SMILES string of the molecule is Cc1ccc(C(Oc2cc(F)cc(Br)c2)C(C)N)s1. The van der Waals surface area contributed by atoms with E-state index in [1.165, 1.54) is 17.0 Å². The molecule has 0 radical (unpaired) electrons. The molecule has 2 rings (SSSR count). The smallest absolute Gasteiger partial charge is 0.148 e. The van der Waals surface area contributed by atoms with Gasteiger partial charge in [0, 0.05) is 26.3 Å². The summed E-state index contributed by atoms with van der Waals surface area (Å²) >= 11 is 4.89. The molecule has 19 heavy (non-hydrogen) atoms. The van der Waals surface area contributed by atoms with Crippen molar-refractivity contribution in [2.24, 2.45) is 5.73 Å². The number of thiophene rings is 1. The Labute approximate surface area is 124 Å². The zero-order valence-corrected chi connectivity index (χ0v) is 13.1. The van der Waals surface area contributed by atoms with Gasteiger partial charge in [0.2, 0.25) is 0 Å². The maximum Gasteiger partial charge on any atom is 0.148 e. The lowest BCUT2D eigenvalue weighted by Gasteiger charge is -2.21. The summed E-state index contributed by atoms with van der Waals surface area (Å²) in [5.41, 5.74) is 5.98. The molecule has 0 fully saturated rings. The summed E-state index contributed by atoms with van der Waals surface area (Å²) in [6.07, 6.45) is -0.271. The molecule has 0 amide bonds. The maximum absolute atomic E-state index is 13.3. The Morgan fingerprint density at radius 2 is 2.05 bits per heavy atom. The van der Waals surface area contributed by atoms with E-state index >= 15 is 0 Å². The number of ether oxygens (including phenoxy) is 1. The summed E-state index contributed by atoms with van der Waals surface area (Å²) in [6.45, 7) is 3.92. The van der Waals surface area contributed by atoms with E-state index in [1.54, 1.807) is 17.4 Å². The third-order valence-electron chi connectivity index (χ3n) is 2.62. The number of aryl methyl sites for hydroxylation is 1. The molecule has 0 aliphatic rings. The van der Waals surface area contributed by atoms with E-state index in [9.17, 15) is 4.39 Å². The summed E-state index contributed by atoms with van der Waals surface area (Å²) in [4.78, 5) is 2.25. The first-order chi connectivity index (χ1) is 8.95. The lowest BCUT2D eigenvalue weighted by molar-refractivity contribution is 0.183. The topological polar surface area (TPSA) is 35.2 Å². The molecule has 2 nitrogen and oxygen atoms in total. The van der Waals surface area contributed by atoms with Crippen LogP contribution in [0.2, 0.25) is 0 Å². The number of halogens is 2. The van der Waals surface area contributed by atoms with Crippen LogP contribution in [0.5, 0.6) is 5.75 Å². The first-order valence-corrected chi connectivity index (χ1v) is 7.51. The summed E-state index contributed by atoms with van der Waals surface area (Å²) in [7, 11) is 0. The van der Waals surface area contributed by atoms with Crippen molar-refractivity contribution in [1.29, 1.82) is 0 Å². The van der Waals surface area contributed by atoms with E-state index in [-0.39, 0.29) is 18.0 Å². The highest BCUT2D eigenvalue weighted by molar-refractivity contribution is 9.10. The Hall–Kier alpha value is -0.910. The molecule has 0 saturated carbocycles. The molecule has 1 aromatic carbocycles. The summed E-state index contributed by atoms with van der Waals surface area (Å²) < 4.78 is 19.8. The van der Waals surface area contributed by atoms with E-state index in [4.69, 9.17) is 10.5 Å². The number of nitrogens with two attached hydrogens (primary N) is 1. The highest BCUT2D eigenvalue weighted by Gasteiger charge is 2.20. The van der Waals surface area contributed by atoms with E-state index in [0.717, 1.165) is 4.88 Å². The van der Waals surface area contributed by atoms with Crippen LogP contribution in [0.3, 0.4) is 0 Å². The molecule has 0 aliphatic carbocycles. The first kappa shape index (κ1) is 14.5. The Bertz CT molecular complexity index is 550. The van der Waals surface area contributed by atoms with Crippen molar-refractivity contribution in [3.8, 4) is 5.75 Å². The standard InChI is InChI=1S/C14H15BrFNOS/c1-8-3-4-13(19-8)14(9(2)17)18-12-6-10(15)5-11(16)7-12/h3-7,9,14H,17H2,1-2H3. The normalized spacial score (nSPS) is 14.2. The van der Waals surface area contributed by atoms with E-state index in [1.807, 2.05) is 26.0 Å². The van der Waals surface area contributed by atoms with Crippen LogP contribution in [-0.2, 0) is 0 Å². The molecular weight excluding hydrogens is 329 g/mol. The molecule has 0 saturated heterocycles. The van der Waals surface area contributed by atoms with Crippen molar-refractivity contribution in [1.82, 2.24) is 0 Å². The Balaban J connectivity index is 2.26. The zero-order valence-electron chi connectivity index (χ0n) is 10.7. The second-order valence-electron chi connectivity index (χ2n) is 4.45. The zero-order chi connectivity index (χ0) is 14.0. The molecule has 0 bridgehead atoms. The van der Waals surface area contributed by atoms with Gasteiger partial charge in [-0.15, -0.1) is 11.3 Å². The van der Waals surface area contributed by atoms with Crippen molar-refractivity contribution in [3.05, 3.63) is 50.4 Å². The van der Waals surface area contributed by atoms with E-state index in [0.29, 0.717) is 10.2 Å². The van der Waals surface area contributed by atoms with Gasteiger partial charge in [0.05, 0.1) is 0 Å². The molecule has 0 aliphatic heterocycles. The number of benzene rings is 1. The van der Waals surface area contributed by atoms with Gasteiger partial charge in [-0.2, -0.15) is 0 Å². The number of hydrogen-bond donors (Lipinski definition) is 1. The van der Waals surface area contributed by atoms with Gasteiger partial charge in [-0.05, 0) is 38.1 Å². The van der Waals surface area contributed by atoms with Crippen molar-refractivity contribution in [3.63, 3.8) is 0 Å². The molecule has 0 spiro atoms. The van der Waals surface area contributed by atoms with Gasteiger partial charge in [0.25, 0.3) is 0 Å². The molecule has 2 atom stereocenters. The monoisotopic (exact) mass is 343 g/mol. The van der Waals surface area contributed by atoms with Gasteiger partial charge in [-0.25, -0.2) is 4.39 Å². The summed E-state index contributed by atoms with van der Waals surface area (Å²) in [5, 5.41) is 0. The molecule has 2 unspecified atom stereocenters. The van der Waals surface area contributed by atoms with Crippen LogP contribution in [0.25, 0.3) is 0 Å². The van der Waals surface area contributed by atoms with Crippen molar-refractivity contribution >= 4 is 27.3 Å². The fourth-order valence-electron chi connectivity index (χ4n) is 1.77. The van der Waals surface area contributed by atoms with Crippen LogP contribution in [0.1, 0.15) is 22.8 Å². The van der Waals surface area contributed by atoms with Gasteiger partial charge in [0.1, 0.15) is 17.7 Å². The van der Waals surface area contributed by atoms with Crippen LogP contribution in [0.15, 0.2) is 34.8 Å². The van der Waals surface area contributed by atoms with E-state index < -0.39 is 0 Å². The molecule has 2 aromatic rings. The number of hydrogen-bond acceptors (Lipinski definition) is 3. The van der Waals surface area contributed by atoms with Crippen molar-refractivity contribution in [2.45, 2.75) is 26.0 Å². The second-order valence-corrected chi connectivity index (χ2v) is 6.69. The largest absolute Gasteiger partial charge is 0.483 e. The van der Waals surface area contributed by atoms with Crippen LogP contribution >= 0.6 is 27.3 Å². The highest BCUT2D eigenvalue weighted by Crippen LogP contribution is 2.31. The molecule has 102 valence electrons. The molecule has 2 N–H and O–H groups in total. The van der Waals surface area contributed by atoms with Gasteiger partial charge < -0.3 is 10.5 Å². The van der Waals surface area contributed by atoms with Gasteiger partial charge in [-0.3, -0.25) is 0 Å². The third kappa shape index (κ3) is 3.78. The lowest BCUT2D eigenvalue weighted by atomic mass is 10.1. The predicted molar refractivity (Wildman–Crippen MR) is 80.2 cm³/mol. The van der Waals surface area contributed by atoms with Crippen molar-refractivity contribution in [2.75, 3.05) is 0 Å². The highest BCUT2D eigenvalue weighted by atomic mass is 79.9. The Kier molecular flexibility index (Phi) is 4.60. The van der Waals surface area contributed by atoms with Crippen LogP contribution in [0.4, 0.5) is 4.39 Å². The van der Waals surface area contributed by atoms with E-state index in [2.05, 4.69) is 15.9 Å². The quantitative estimate of drug-likeness (QED) is 0.891.